The Morgan fingerprint density at radius 1 is 1.45 bits per heavy atom. The van der Waals surface area contributed by atoms with Crippen LogP contribution in [0.1, 0.15) is 12.8 Å². The van der Waals surface area contributed by atoms with Gasteiger partial charge in [-0.25, -0.2) is 4.58 Å². The molecule has 0 aliphatic rings. The lowest BCUT2D eigenvalue weighted by atomic mass is 10.4. The molecule has 64 valence electrons. The Balaban J connectivity index is 3.30. The molecule has 0 saturated heterocycles. The summed E-state index contributed by atoms with van der Waals surface area (Å²) in [7, 11) is 0. The summed E-state index contributed by atoms with van der Waals surface area (Å²) in [4.78, 5) is 10.1. The minimum absolute atomic E-state index is 0.106. The van der Waals surface area contributed by atoms with Crippen LogP contribution < -0.4 is 0 Å². The predicted octanol–water partition coefficient (Wildman–Crippen LogP) is -0.443. The summed E-state index contributed by atoms with van der Waals surface area (Å²) in [5, 5.41) is 16.7. The largest absolute Gasteiger partial charge is 0.481 e. The fourth-order valence-electron chi connectivity index (χ4n) is 0.660. The summed E-state index contributed by atoms with van der Waals surface area (Å²) in [6.07, 6.45) is 0.748. The first-order valence-corrected chi connectivity index (χ1v) is 3.55. The molecule has 0 aromatic rings. The normalized spacial score (nSPS) is 9.55. The summed E-state index contributed by atoms with van der Waals surface area (Å²) in [6.45, 7) is 4.81. The maximum atomic E-state index is 10.1. The number of carbonyl (C=O) groups is 1. The maximum Gasteiger partial charge on any atom is 0.309 e. The third-order valence-corrected chi connectivity index (χ3v) is 1.27. The molecule has 0 aliphatic carbocycles. The van der Waals surface area contributed by atoms with Crippen molar-refractivity contribution in [3.8, 4) is 0 Å². The van der Waals surface area contributed by atoms with E-state index in [9.17, 15) is 4.79 Å². The van der Waals surface area contributed by atoms with E-state index in [0.29, 0.717) is 19.5 Å². The first-order chi connectivity index (χ1) is 5.16. The fourth-order valence-corrected chi connectivity index (χ4v) is 0.660. The monoisotopic (exact) mass is 160 g/mol. The summed E-state index contributed by atoms with van der Waals surface area (Å²) in [5.41, 5.74) is 0. The van der Waals surface area contributed by atoms with Crippen LogP contribution in [0.4, 0.5) is 0 Å². The average molecular weight is 160 g/mol. The highest BCUT2D eigenvalue weighted by atomic mass is 16.4. The second-order valence-electron chi connectivity index (χ2n) is 2.34. The summed E-state index contributed by atoms with van der Waals surface area (Å²) >= 11 is 0. The molecule has 11 heavy (non-hydrogen) atoms. The summed E-state index contributed by atoms with van der Waals surface area (Å²) in [5.74, 6) is -0.817. The fraction of sp³-hybridized carbons (Fsp3) is 0.714. The second-order valence-corrected chi connectivity index (χ2v) is 2.34. The van der Waals surface area contributed by atoms with Gasteiger partial charge in [0.25, 0.3) is 0 Å². The van der Waals surface area contributed by atoms with Gasteiger partial charge in [-0.1, -0.05) is 0 Å². The molecule has 0 aromatic carbocycles. The highest BCUT2D eigenvalue weighted by Crippen LogP contribution is 1.84. The zero-order valence-electron chi connectivity index (χ0n) is 6.49. The molecular formula is C7H14NO3+. The molecule has 0 radical (unpaired) electrons. The topological polar surface area (TPSA) is 60.5 Å². The number of hydrogen-bond donors (Lipinski definition) is 2. The lowest BCUT2D eigenvalue weighted by molar-refractivity contribution is -0.519. The Bertz CT molecular complexity index is 145. The molecule has 0 saturated carbocycles. The van der Waals surface area contributed by atoms with Gasteiger partial charge in [0.1, 0.15) is 19.7 Å². The van der Waals surface area contributed by atoms with Crippen LogP contribution in [0.25, 0.3) is 0 Å². The van der Waals surface area contributed by atoms with Gasteiger partial charge in [0.05, 0.1) is 0 Å². The molecule has 0 heterocycles. The van der Waals surface area contributed by atoms with Crippen LogP contribution in [0.3, 0.4) is 0 Å². The van der Waals surface area contributed by atoms with E-state index in [0.717, 1.165) is 0 Å². The Hall–Kier alpha value is -0.900. The number of aliphatic hydroxyl groups excluding tert-OH is 1. The van der Waals surface area contributed by atoms with Gasteiger partial charge < -0.3 is 10.2 Å². The first-order valence-electron chi connectivity index (χ1n) is 3.55. The summed E-state index contributed by atoms with van der Waals surface area (Å²) < 4.78 is 1.64. The van der Waals surface area contributed by atoms with Crippen LogP contribution in [0, 0.1) is 0 Å². The van der Waals surface area contributed by atoms with Gasteiger partial charge in [-0.05, 0) is 0 Å². The van der Waals surface area contributed by atoms with Crippen molar-refractivity contribution in [3.05, 3.63) is 0 Å². The highest BCUT2D eigenvalue weighted by Gasteiger charge is 2.03. The van der Waals surface area contributed by atoms with Gasteiger partial charge >= 0.3 is 5.97 Å². The standard InChI is InChI=1S/C7H13NO3/c1-8(4-2-6-9)5-3-7(10)11/h9H,1-6H2/p+1. The molecule has 0 rings (SSSR count). The zero-order valence-corrected chi connectivity index (χ0v) is 6.49. The minimum atomic E-state index is -0.817. The van der Waals surface area contributed by atoms with E-state index in [4.69, 9.17) is 10.2 Å². The third-order valence-electron chi connectivity index (χ3n) is 1.27. The molecule has 0 atom stereocenters. The lowest BCUT2D eigenvalue weighted by Gasteiger charge is -1.97. The number of aliphatic hydroxyl groups is 1. The first kappa shape index (κ1) is 10.1. The van der Waals surface area contributed by atoms with Crippen LogP contribution in [-0.4, -0.2) is 47.2 Å². The van der Waals surface area contributed by atoms with Crippen LogP contribution in [-0.2, 0) is 4.79 Å². The average Bonchev–Trinajstić information content (AvgIpc) is 1.97. The van der Waals surface area contributed by atoms with E-state index in [1.807, 2.05) is 0 Å². The third kappa shape index (κ3) is 6.99. The highest BCUT2D eigenvalue weighted by molar-refractivity contribution is 5.66. The maximum absolute atomic E-state index is 10.1. The second kappa shape index (κ2) is 5.85. The van der Waals surface area contributed by atoms with E-state index in [1.54, 1.807) is 4.58 Å². The molecule has 2 N–H and O–H groups in total. The van der Waals surface area contributed by atoms with Gasteiger partial charge in [0.2, 0.25) is 0 Å². The molecule has 4 nitrogen and oxygen atoms in total. The van der Waals surface area contributed by atoms with E-state index < -0.39 is 5.97 Å². The van der Waals surface area contributed by atoms with Crippen molar-refractivity contribution >= 4 is 12.7 Å². The number of hydrogen-bond acceptors (Lipinski definition) is 2. The Morgan fingerprint density at radius 2 is 2.09 bits per heavy atom. The van der Waals surface area contributed by atoms with Crippen molar-refractivity contribution in [1.82, 2.24) is 0 Å². The molecule has 0 bridgehead atoms. The number of aliphatic carboxylic acids is 1. The van der Waals surface area contributed by atoms with Crippen molar-refractivity contribution in [2.24, 2.45) is 0 Å². The van der Waals surface area contributed by atoms with Crippen molar-refractivity contribution < 1.29 is 19.6 Å². The molecule has 0 unspecified atom stereocenters. The van der Waals surface area contributed by atoms with Crippen LogP contribution in [0.5, 0.6) is 0 Å². The minimum Gasteiger partial charge on any atom is -0.481 e. The van der Waals surface area contributed by atoms with E-state index in [1.165, 1.54) is 0 Å². The number of rotatable bonds is 6. The Morgan fingerprint density at radius 3 is 2.55 bits per heavy atom. The smallest absolute Gasteiger partial charge is 0.309 e. The Labute approximate surface area is 65.8 Å². The number of nitrogens with zero attached hydrogens (tertiary/aromatic N) is 1. The van der Waals surface area contributed by atoms with Gasteiger partial charge in [-0.2, -0.15) is 0 Å². The molecule has 0 aliphatic heterocycles. The molecular weight excluding hydrogens is 146 g/mol. The predicted molar refractivity (Wildman–Crippen MR) is 41.1 cm³/mol. The van der Waals surface area contributed by atoms with Crippen LogP contribution in [0.2, 0.25) is 0 Å². The molecule has 0 spiro atoms. The molecule has 4 heteroatoms. The van der Waals surface area contributed by atoms with Crippen molar-refractivity contribution in [1.29, 1.82) is 0 Å². The van der Waals surface area contributed by atoms with E-state index in [-0.39, 0.29) is 13.0 Å². The van der Waals surface area contributed by atoms with Crippen molar-refractivity contribution in [3.63, 3.8) is 0 Å². The Kier molecular flexibility index (Phi) is 5.37. The van der Waals surface area contributed by atoms with Crippen LogP contribution >= 0.6 is 0 Å². The van der Waals surface area contributed by atoms with E-state index >= 15 is 0 Å². The quantitative estimate of drug-likeness (QED) is 0.409. The molecule has 0 amide bonds. The van der Waals surface area contributed by atoms with Gasteiger partial charge in [-0.3, -0.25) is 4.79 Å². The van der Waals surface area contributed by atoms with Crippen LogP contribution in [0.15, 0.2) is 0 Å². The van der Waals surface area contributed by atoms with Gasteiger partial charge in [-0.15, -0.1) is 0 Å². The number of carboxylic acids is 1. The van der Waals surface area contributed by atoms with Crippen molar-refractivity contribution in [2.45, 2.75) is 12.8 Å². The molecule has 0 aromatic heterocycles. The zero-order chi connectivity index (χ0) is 8.69. The van der Waals surface area contributed by atoms with Gasteiger partial charge in [0, 0.05) is 13.0 Å². The van der Waals surface area contributed by atoms with Gasteiger partial charge in [0.15, 0.2) is 6.54 Å². The SMILES string of the molecule is C=[N+](CCCO)CCC(=O)O. The van der Waals surface area contributed by atoms with E-state index in [2.05, 4.69) is 6.72 Å². The van der Waals surface area contributed by atoms with Crippen molar-refractivity contribution in [2.75, 3.05) is 19.7 Å². The number of carboxylic acid groups (broad SMARTS) is 1. The lowest BCUT2D eigenvalue weighted by Crippen LogP contribution is -2.16. The molecule has 0 fully saturated rings. The summed E-state index contributed by atoms with van der Waals surface area (Å²) in [6, 6.07) is 0.